The average Bonchev–Trinajstić information content (AvgIpc) is 2.13. The van der Waals surface area contributed by atoms with Crippen LogP contribution in [0.2, 0.25) is 0 Å². The molecule has 1 rings (SSSR count). The molecule has 0 aliphatic rings. The van der Waals surface area contributed by atoms with E-state index >= 15 is 0 Å². The number of nitrogens with zero attached hydrogens (tertiary/aromatic N) is 1. The fourth-order valence-electron chi connectivity index (χ4n) is 1.02. The molecule has 0 aromatic carbocycles. The quantitative estimate of drug-likeness (QED) is 0.409. The van der Waals surface area contributed by atoms with Gasteiger partial charge in [-0.2, -0.15) is 4.39 Å². The maximum Gasteiger partial charge on any atom is 0.213 e. The fraction of sp³-hybridized carbons (Fsp3) is 0.500. The van der Waals surface area contributed by atoms with Gasteiger partial charge in [0, 0.05) is 17.2 Å². The van der Waals surface area contributed by atoms with Gasteiger partial charge in [-0.1, -0.05) is 19.8 Å². The Labute approximate surface area is 82.8 Å². The Kier molecular flexibility index (Phi) is 4.83. The van der Waals surface area contributed by atoms with E-state index in [0.717, 1.165) is 10.6 Å². The van der Waals surface area contributed by atoms with Crippen molar-refractivity contribution < 1.29 is 4.39 Å². The topological polar surface area (TPSA) is 12.9 Å². The molecule has 1 aromatic rings. The number of rotatable bonds is 5. The van der Waals surface area contributed by atoms with E-state index in [9.17, 15) is 4.39 Å². The molecule has 1 nitrogen and oxygen atoms in total. The van der Waals surface area contributed by atoms with Crippen molar-refractivity contribution in [2.45, 2.75) is 31.1 Å². The molecular formula is C10H14FNS. The Balaban J connectivity index is 2.28. The first-order valence-electron chi connectivity index (χ1n) is 4.57. The smallest absolute Gasteiger partial charge is 0.213 e. The van der Waals surface area contributed by atoms with Gasteiger partial charge in [0.15, 0.2) is 0 Å². The number of hydrogen-bond acceptors (Lipinski definition) is 2. The molecule has 0 radical (unpaired) electrons. The Morgan fingerprint density at radius 1 is 1.46 bits per heavy atom. The van der Waals surface area contributed by atoms with Gasteiger partial charge < -0.3 is 0 Å². The van der Waals surface area contributed by atoms with E-state index in [4.69, 9.17) is 0 Å². The Morgan fingerprint density at radius 2 is 2.31 bits per heavy atom. The minimum Gasteiger partial charge on any atom is -0.228 e. The highest BCUT2D eigenvalue weighted by molar-refractivity contribution is 7.99. The van der Waals surface area contributed by atoms with Gasteiger partial charge in [0.05, 0.1) is 0 Å². The summed E-state index contributed by atoms with van der Waals surface area (Å²) in [7, 11) is 0. The van der Waals surface area contributed by atoms with Crippen LogP contribution in [0.4, 0.5) is 4.39 Å². The molecule has 0 saturated carbocycles. The van der Waals surface area contributed by atoms with Crippen LogP contribution >= 0.6 is 11.8 Å². The molecule has 1 aromatic heterocycles. The summed E-state index contributed by atoms with van der Waals surface area (Å²) in [5.41, 5.74) is 0. The predicted molar refractivity (Wildman–Crippen MR) is 54.4 cm³/mol. The molecule has 0 saturated heterocycles. The van der Waals surface area contributed by atoms with E-state index < -0.39 is 0 Å². The van der Waals surface area contributed by atoms with E-state index in [-0.39, 0.29) is 5.95 Å². The zero-order valence-electron chi connectivity index (χ0n) is 7.79. The van der Waals surface area contributed by atoms with Crippen LogP contribution in [0.3, 0.4) is 0 Å². The van der Waals surface area contributed by atoms with Crippen LogP contribution in [0.5, 0.6) is 0 Å². The van der Waals surface area contributed by atoms with E-state index in [1.165, 1.54) is 31.5 Å². The second-order valence-corrected chi connectivity index (χ2v) is 4.04. The van der Waals surface area contributed by atoms with Crippen molar-refractivity contribution in [1.82, 2.24) is 4.98 Å². The largest absolute Gasteiger partial charge is 0.228 e. The lowest BCUT2D eigenvalue weighted by Gasteiger charge is -1.99. The van der Waals surface area contributed by atoms with Gasteiger partial charge in [0.2, 0.25) is 5.95 Å². The van der Waals surface area contributed by atoms with Crippen molar-refractivity contribution in [3.63, 3.8) is 0 Å². The summed E-state index contributed by atoms with van der Waals surface area (Å²) in [5.74, 6) is 0.678. The van der Waals surface area contributed by atoms with E-state index in [1.54, 1.807) is 11.8 Å². The summed E-state index contributed by atoms with van der Waals surface area (Å²) in [4.78, 5) is 4.48. The number of aromatic nitrogens is 1. The molecule has 0 unspecified atom stereocenters. The van der Waals surface area contributed by atoms with Gasteiger partial charge in [0.25, 0.3) is 0 Å². The molecule has 0 amide bonds. The minimum atomic E-state index is -0.388. The Hall–Kier alpha value is -0.570. The maximum atomic E-state index is 12.6. The van der Waals surface area contributed by atoms with Crippen molar-refractivity contribution in [1.29, 1.82) is 0 Å². The average molecular weight is 199 g/mol. The summed E-state index contributed by atoms with van der Waals surface area (Å²) >= 11 is 1.69. The molecule has 0 N–H and O–H groups in total. The summed E-state index contributed by atoms with van der Waals surface area (Å²) in [6.45, 7) is 2.18. The van der Waals surface area contributed by atoms with Gasteiger partial charge in [-0.25, -0.2) is 4.98 Å². The molecule has 0 aliphatic heterocycles. The molecule has 0 aliphatic carbocycles. The van der Waals surface area contributed by atoms with E-state index in [2.05, 4.69) is 11.9 Å². The van der Waals surface area contributed by atoms with Crippen molar-refractivity contribution >= 4 is 11.8 Å². The van der Waals surface area contributed by atoms with Crippen LogP contribution < -0.4 is 0 Å². The van der Waals surface area contributed by atoms with Gasteiger partial charge in [0.1, 0.15) is 0 Å². The zero-order valence-corrected chi connectivity index (χ0v) is 8.61. The molecule has 72 valence electrons. The van der Waals surface area contributed by atoms with Crippen molar-refractivity contribution in [3.8, 4) is 0 Å². The number of pyridine rings is 1. The maximum absolute atomic E-state index is 12.6. The van der Waals surface area contributed by atoms with Crippen LogP contribution in [0.1, 0.15) is 26.2 Å². The molecule has 1 heterocycles. The van der Waals surface area contributed by atoms with Gasteiger partial charge in [-0.3, -0.25) is 0 Å². The Bertz CT molecular complexity index is 252. The van der Waals surface area contributed by atoms with Crippen molar-refractivity contribution in [3.05, 3.63) is 24.3 Å². The first-order chi connectivity index (χ1) is 6.33. The molecule has 13 heavy (non-hydrogen) atoms. The number of hydrogen-bond donors (Lipinski definition) is 0. The molecule has 0 bridgehead atoms. The first-order valence-corrected chi connectivity index (χ1v) is 5.56. The molecule has 0 spiro atoms. The standard InChI is InChI=1S/C10H14FNS/c1-2-3-4-7-13-9-5-6-12-10(11)8-9/h5-6,8H,2-4,7H2,1H3. The van der Waals surface area contributed by atoms with Crippen molar-refractivity contribution in [2.75, 3.05) is 5.75 Å². The Morgan fingerprint density at radius 3 is 3.00 bits per heavy atom. The summed E-state index contributed by atoms with van der Waals surface area (Å²) < 4.78 is 12.6. The second-order valence-electron chi connectivity index (χ2n) is 2.87. The zero-order chi connectivity index (χ0) is 9.52. The van der Waals surface area contributed by atoms with Gasteiger partial charge in [-0.15, -0.1) is 11.8 Å². The third kappa shape index (κ3) is 4.27. The van der Waals surface area contributed by atoms with Crippen LogP contribution in [-0.4, -0.2) is 10.7 Å². The molecule has 3 heteroatoms. The SMILES string of the molecule is CCCCCSc1ccnc(F)c1. The van der Waals surface area contributed by atoms with Crippen LogP contribution in [0.25, 0.3) is 0 Å². The third-order valence-electron chi connectivity index (χ3n) is 1.71. The highest BCUT2D eigenvalue weighted by Gasteiger charge is 1.96. The molecular weight excluding hydrogens is 185 g/mol. The van der Waals surface area contributed by atoms with Gasteiger partial charge >= 0.3 is 0 Å². The summed E-state index contributed by atoms with van der Waals surface area (Å²) in [6.07, 6.45) is 5.19. The number of thioether (sulfide) groups is 1. The highest BCUT2D eigenvalue weighted by atomic mass is 32.2. The van der Waals surface area contributed by atoms with Crippen molar-refractivity contribution in [2.24, 2.45) is 0 Å². The van der Waals surface area contributed by atoms with Gasteiger partial charge in [-0.05, 0) is 18.2 Å². The second kappa shape index (κ2) is 5.97. The third-order valence-corrected chi connectivity index (χ3v) is 2.79. The monoisotopic (exact) mass is 199 g/mol. The van der Waals surface area contributed by atoms with Crippen LogP contribution in [0.15, 0.2) is 23.2 Å². The number of unbranched alkanes of at least 4 members (excludes halogenated alkanes) is 2. The summed E-state index contributed by atoms with van der Waals surface area (Å²) in [5, 5.41) is 0. The lowest BCUT2D eigenvalue weighted by Crippen LogP contribution is -1.83. The van der Waals surface area contributed by atoms with Crippen LogP contribution in [0, 0.1) is 5.95 Å². The van der Waals surface area contributed by atoms with E-state index in [1.807, 2.05) is 6.07 Å². The minimum absolute atomic E-state index is 0.388. The van der Waals surface area contributed by atoms with Crippen LogP contribution in [-0.2, 0) is 0 Å². The normalized spacial score (nSPS) is 10.3. The lowest BCUT2D eigenvalue weighted by molar-refractivity contribution is 0.579. The lowest BCUT2D eigenvalue weighted by atomic mass is 10.3. The fourth-order valence-corrected chi connectivity index (χ4v) is 1.94. The highest BCUT2D eigenvalue weighted by Crippen LogP contribution is 2.19. The number of halogens is 1. The molecule has 0 atom stereocenters. The molecule has 0 fully saturated rings. The first kappa shape index (κ1) is 10.5. The predicted octanol–water partition coefficient (Wildman–Crippen LogP) is 3.50. The summed E-state index contributed by atoms with van der Waals surface area (Å²) in [6, 6.07) is 3.33. The van der Waals surface area contributed by atoms with E-state index in [0.29, 0.717) is 0 Å².